The number of hydrogen-bond donors (Lipinski definition) is 2. The summed E-state index contributed by atoms with van der Waals surface area (Å²) in [5, 5.41) is 1.90. The van der Waals surface area contributed by atoms with Gasteiger partial charge in [-0.1, -0.05) is 44.0 Å². The van der Waals surface area contributed by atoms with Crippen molar-refractivity contribution in [1.29, 1.82) is 0 Å². The molecule has 0 atom stereocenters. The Kier molecular flexibility index (Phi) is 3.41. The van der Waals surface area contributed by atoms with Gasteiger partial charge in [-0.15, -0.1) is 0 Å². The van der Waals surface area contributed by atoms with Gasteiger partial charge in [0.2, 0.25) is 0 Å². The Morgan fingerprint density at radius 1 is 1.17 bits per heavy atom. The van der Waals surface area contributed by atoms with Gasteiger partial charge in [-0.25, -0.2) is 0 Å². The van der Waals surface area contributed by atoms with Crippen molar-refractivity contribution in [2.45, 2.75) is 26.2 Å². The van der Waals surface area contributed by atoms with Crippen LogP contribution in [0.25, 0.3) is 10.9 Å². The molecule has 2 rings (SSSR count). The van der Waals surface area contributed by atoms with Crippen molar-refractivity contribution in [2.75, 3.05) is 5.43 Å². The average Bonchev–Trinajstić information content (AvgIpc) is 2.31. The number of nitrogens with two attached hydrogens (primary N) is 1. The van der Waals surface area contributed by atoms with E-state index in [4.69, 9.17) is 29.0 Å². The van der Waals surface area contributed by atoms with Crippen LogP contribution in [0.5, 0.6) is 0 Å². The van der Waals surface area contributed by atoms with E-state index >= 15 is 0 Å². The molecule has 1 aromatic heterocycles. The fraction of sp³-hybridized carbons (Fsp3) is 0.308. The van der Waals surface area contributed by atoms with Gasteiger partial charge in [0, 0.05) is 16.5 Å². The number of fused-ring (bicyclic) bond motifs is 1. The summed E-state index contributed by atoms with van der Waals surface area (Å²) in [6.45, 7) is 6.25. The Bertz CT molecular complexity index is 603. The van der Waals surface area contributed by atoms with Crippen LogP contribution in [-0.4, -0.2) is 4.98 Å². The van der Waals surface area contributed by atoms with E-state index < -0.39 is 0 Å². The molecule has 0 saturated heterocycles. The van der Waals surface area contributed by atoms with Gasteiger partial charge >= 0.3 is 0 Å². The molecule has 1 aromatic carbocycles. The Labute approximate surface area is 116 Å². The lowest BCUT2D eigenvalue weighted by Gasteiger charge is -2.20. The third kappa shape index (κ3) is 2.26. The Morgan fingerprint density at radius 3 is 2.33 bits per heavy atom. The number of pyridine rings is 1. The molecule has 0 aliphatic rings. The van der Waals surface area contributed by atoms with Crippen molar-refractivity contribution in [3.05, 3.63) is 33.9 Å². The van der Waals surface area contributed by atoms with E-state index in [0.717, 1.165) is 16.8 Å². The fourth-order valence-corrected chi connectivity index (χ4v) is 2.22. The van der Waals surface area contributed by atoms with Crippen LogP contribution in [0.15, 0.2) is 18.2 Å². The summed E-state index contributed by atoms with van der Waals surface area (Å²) in [5.41, 5.74) is 4.89. The van der Waals surface area contributed by atoms with E-state index in [2.05, 4.69) is 31.2 Å². The maximum atomic E-state index is 6.19. The van der Waals surface area contributed by atoms with Crippen LogP contribution in [0.3, 0.4) is 0 Å². The summed E-state index contributed by atoms with van der Waals surface area (Å²) in [4.78, 5) is 4.60. The first-order chi connectivity index (χ1) is 8.34. The van der Waals surface area contributed by atoms with Crippen molar-refractivity contribution in [2.24, 2.45) is 5.84 Å². The third-order valence-corrected chi connectivity index (χ3v) is 3.40. The molecule has 0 aliphatic carbocycles. The topological polar surface area (TPSA) is 50.9 Å². The van der Waals surface area contributed by atoms with Gasteiger partial charge in [0.25, 0.3) is 0 Å². The van der Waals surface area contributed by atoms with Crippen LogP contribution in [0, 0.1) is 0 Å². The van der Waals surface area contributed by atoms with Crippen molar-refractivity contribution in [1.82, 2.24) is 4.98 Å². The second kappa shape index (κ2) is 4.57. The predicted molar refractivity (Wildman–Crippen MR) is 78.3 cm³/mol. The van der Waals surface area contributed by atoms with E-state index in [1.54, 1.807) is 12.1 Å². The molecule has 18 heavy (non-hydrogen) atoms. The lowest BCUT2D eigenvalue weighted by molar-refractivity contribution is 0.572. The summed E-state index contributed by atoms with van der Waals surface area (Å²) < 4.78 is 0. The molecule has 5 heteroatoms. The summed E-state index contributed by atoms with van der Waals surface area (Å²) >= 11 is 12.4. The largest absolute Gasteiger partial charge is 0.323 e. The van der Waals surface area contributed by atoms with Gasteiger partial charge in [0.15, 0.2) is 0 Å². The normalized spacial score (nSPS) is 11.9. The van der Waals surface area contributed by atoms with E-state index in [0.29, 0.717) is 15.6 Å². The fourth-order valence-electron chi connectivity index (χ4n) is 1.77. The van der Waals surface area contributed by atoms with Crippen molar-refractivity contribution in [3.8, 4) is 0 Å². The number of nitrogen functional groups attached to an aromatic ring is 1. The zero-order chi connectivity index (χ0) is 13.5. The first kappa shape index (κ1) is 13.4. The lowest BCUT2D eigenvalue weighted by Crippen LogP contribution is -2.16. The number of nitrogens with one attached hydrogen (secondary N) is 1. The molecule has 0 radical (unpaired) electrons. The van der Waals surface area contributed by atoms with Gasteiger partial charge in [-0.05, 0) is 18.2 Å². The van der Waals surface area contributed by atoms with E-state index in [-0.39, 0.29) is 5.41 Å². The molecule has 2 aromatic rings. The Morgan fingerprint density at radius 2 is 1.78 bits per heavy atom. The smallest absolute Gasteiger partial charge is 0.0928 e. The molecule has 3 nitrogen and oxygen atoms in total. The number of nitrogens with zero attached hydrogens (tertiary/aromatic N) is 1. The average molecular weight is 284 g/mol. The first-order valence-corrected chi connectivity index (χ1v) is 6.36. The third-order valence-electron chi connectivity index (χ3n) is 2.78. The Balaban J connectivity index is 2.88. The monoisotopic (exact) mass is 283 g/mol. The van der Waals surface area contributed by atoms with Crippen molar-refractivity contribution < 1.29 is 0 Å². The number of benzene rings is 1. The molecular weight excluding hydrogens is 269 g/mol. The second-order valence-corrected chi connectivity index (χ2v) is 6.02. The highest BCUT2D eigenvalue weighted by molar-refractivity contribution is 6.40. The molecule has 0 unspecified atom stereocenters. The van der Waals surface area contributed by atoms with Gasteiger partial charge in [-0.2, -0.15) is 0 Å². The van der Waals surface area contributed by atoms with E-state index in [1.165, 1.54) is 0 Å². The summed E-state index contributed by atoms with van der Waals surface area (Å²) in [7, 11) is 0. The highest BCUT2D eigenvalue weighted by Gasteiger charge is 2.19. The van der Waals surface area contributed by atoms with Crippen LogP contribution < -0.4 is 11.3 Å². The van der Waals surface area contributed by atoms with Crippen LogP contribution >= 0.6 is 23.2 Å². The maximum absolute atomic E-state index is 6.19. The molecule has 0 bridgehead atoms. The van der Waals surface area contributed by atoms with Gasteiger partial charge < -0.3 is 5.43 Å². The van der Waals surface area contributed by atoms with E-state index in [9.17, 15) is 0 Å². The van der Waals surface area contributed by atoms with Gasteiger partial charge in [-0.3, -0.25) is 10.8 Å². The minimum atomic E-state index is -0.0918. The number of anilines is 1. The summed E-state index contributed by atoms with van der Waals surface area (Å²) in [5.74, 6) is 5.57. The van der Waals surface area contributed by atoms with Gasteiger partial charge in [0.05, 0.1) is 21.2 Å². The highest BCUT2D eigenvalue weighted by Crippen LogP contribution is 2.36. The standard InChI is InChI=1S/C13H15Cl2N3/c1-13(2,3)10-6-9(18-16)11-7(14)4-5-8(15)12(11)17-10/h4-6H,16H2,1-3H3,(H,17,18). The maximum Gasteiger partial charge on any atom is 0.0928 e. The highest BCUT2D eigenvalue weighted by atomic mass is 35.5. The molecule has 3 N–H and O–H groups in total. The number of aromatic nitrogens is 1. The van der Waals surface area contributed by atoms with E-state index in [1.807, 2.05) is 6.07 Å². The zero-order valence-corrected chi connectivity index (χ0v) is 12.0. The van der Waals surface area contributed by atoms with Crippen molar-refractivity contribution >= 4 is 39.8 Å². The lowest BCUT2D eigenvalue weighted by atomic mass is 9.91. The molecular formula is C13H15Cl2N3. The van der Waals surface area contributed by atoms with Gasteiger partial charge in [0.1, 0.15) is 0 Å². The number of halogens is 2. The van der Waals surface area contributed by atoms with Crippen molar-refractivity contribution in [3.63, 3.8) is 0 Å². The summed E-state index contributed by atoms with van der Waals surface area (Å²) in [6.07, 6.45) is 0. The van der Waals surface area contributed by atoms with Crippen LogP contribution in [0.2, 0.25) is 10.0 Å². The van der Waals surface area contributed by atoms with Crippen LogP contribution in [0.1, 0.15) is 26.5 Å². The molecule has 1 heterocycles. The Hall–Kier alpha value is -1.03. The minimum absolute atomic E-state index is 0.0918. The predicted octanol–water partition coefficient (Wildman–Crippen LogP) is 4.12. The van der Waals surface area contributed by atoms with Crippen LogP contribution in [-0.2, 0) is 5.41 Å². The number of rotatable bonds is 1. The molecule has 96 valence electrons. The quantitative estimate of drug-likeness (QED) is 0.611. The second-order valence-electron chi connectivity index (χ2n) is 5.20. The minimum Gasteiger partial charge on any atom is -0.323 e. The SMILES string of the molecule is CC(C)(C)c1cc(NN)c2c(Cl)ccc(Cl)c2n1. The van der Waals surface area contributed by atoms with Crippen LogP contribution in [0.4, 0.5) is 5.69 Å². The first-order valence-electron chi connectivity index (χ1n) is 5.60. The summed E-state index contributed by atoms with van der Waals surface area (Å²) in [6, 6.07) is 5.39. The molecule has 0 aliphatic heterocycles. The molecule has 0 spiro atoms. The molecule has 0 amide bonds. The zero-order valence-electron chi connectivity index (χ0n) is 10.5. The number of hydrogen-bond acceptors (Lipinski definition) is 3. The number of hydrazine groups is 1. The molecule has 0 fully saturated rings. The molecule has 0 saturated carbocycles.